The van der Waals surface area contributed by atoms with Gasteiger partial charge in [0.1, 0.15) is 24.4 Å². The summed E-state index contributed by atoms with van der Waals surface area (Å²) in [6, 6.07) is -1.05. The van der Waals surface area contributed by atoms with Crippen LogP contribution in [0.15, 0.2) is 85.1 Å². The zero-order valence-corrected chi connectivity index (χ0v) is 49.1. The number of esters is 1. The van der Waals surface area contributed by atoms with Crippen molar-refractivity contribution in [1.29, 1.82) is 0 Å². The Morgan fingerprint density at radius 1 is 0.519 bits per heavy atom. The molecule has 0 saturated carbocycles. The van der Waals surface area contributed by atoms with Gasteiger partial charge in [-0.2, -0.15) is 0 Å². The number of unbranched alkanes of at least 4 members (excludes halogenated alkanes) is 26. The standard InChI is InChI=1S/C66H115NO10/c1-4-7-10-13-16-19-22-24-26-28-30-32-34-36-39-42-45-48-51-54-61(71)77-64-63(73)62(72)60(55-68)76-66(64)75-56-57(58(69)52-49-46-43-40-37-21-18-15-12-9-6-3)67-65(74)59(70)53-50-47-44-41-38-35-33-31-29-27-25-23-20-17-14-11-8-5-2/h8,11,17,20,24-27,31,33,38,41,49,52,57-60,62-64,66,68-70,72-73H,4-7,9-10,12-16,18-19,21-23,28-30,32,34-37,39-40,42-48,50-51,53-56H2,1-3H3,(H,67,74)/b11-8-,20-17-,26-24+,27-25-,33-31-,41-38-,52-49+. The van der Waals surface area contributed by atoms with Crippen molar-refractivity contribution < 1.29 is 49.3 Å². The summed E-state index contributed by atoms with van der Waals surface area (Å²) >= 11 is 0. The Morgan fingerprint density at radius 3 is 1.42 bits per heavy atom. The van der Waals surface area contributed by atoms with Crippen LogP contribution in [0.2, 0.25) is 0 Å². The van der Waals surface area contributed by atoms with Gasteiger partial charge in [0.05, 0.1) is 25.4 Å². The summed E-state index contributed by atoms with van der Waals surface area (Å²) in [6.07, 6.45) is 59.1. The summed E-state index contributed by atoms with van der Waals surface area (Å²) in [6.45, 7) is 5.64. The van der Waals surface area contributed by atoms with Crippen molar-refractivity contribution >= 4 is 11.9 Å². The fourth-order valence-corrected chi connectivity index (χ4v) is 9.32. The maximum atomic E-state index is 13.4. The molecule has 444 valence electrons. The fraction of sp³-hybridized carbons (Fsp3) is 0.758. The lowest BCUT2D eigenvalue weighted by Gasteiger charge is -2.41. The molecular formula is C66H115NO10. The Hall–Kier alpha value is -3.16. The number of allylic oxidation sites excluding steroid dienone is 13. The van der Waals surface area contributed by atoms with E-state index in [-0.39, 0.29) is 19.4 Å². The highest BCUT2D eigenvalue weighted by molar-refractivity contribution is 5.80. The second-order valence-corrected chi connectivity index (χ2v) is 21.4. The zero-order valence-electron chi connectivity index (χ0n) is 49.1. The van der Waals surface area contributed by atoms with Crippen molar-refractivity contribution in [2.45, 2.75) is 307 Å². The number of carbonyl (C=O) groups is 2. The van der Waals surface area contributed by atoms with Crippen molar-refractivity contribution in [1.82, 2.24) is 5.32 Å². The normalized spacial score (nSPS) is 19.6. The van der Waals surface area contributed by atoms with Gasteiger partial charge in [0.25, 0.3) is 0 Å². The minimum atomic E-state index is -1.62. The highest BCUT2D eigenvalue weighted by atomic mass is 16.7. The summed E-state index contributed by atoms with van der Waals surface area (Å²) < 4.78 is 17.6. The maximum Gasteiger partial charge on any atom is 0.306 e. The van der Waals surface area contributed by atoms with Gasteiger partial charge in [0.2, 0.25) is 5.91 Å². The van der Waals surface area contributed by atoms with Gasteiger partial charge in [0.15, 0.2) is 12.4 Å². The largest absolute Gasteiger partial charge is 0.454 e. The molecule has 11 nitrogen and oxygen atoms in total. The first-order valence-corrected chi connectivity index (χ1v) is 31.4. The van der Waals surface area contributed by atoms with Crippen LogP contribution in [0, 0.1) is 0 Å². The van der Waals surface area contributed by atoms with Gasteiger partial charge in [-0.05, 0) is 96.3 Å². The topological polar surface area (TPSA) is 175 Å². The van der Waals surface area contributed by atoms with Crippen LogP contribution in [0.5, 0.6) is 0 Å². The van der Waals surface area contributed by atoms with E-state index < -0.39 is 67.4 Å². The quantitative estimate of drug-likeness (QED) is 0.0195. The van der Waals surface area contributed by atoms with E-state index in [1.54, 1.807) is 6.08 Å². The van der Waals surface area contributed by atoms with Crippen molar-refractivity contribution in [3.05, 3.63) is 85.1 Å². The van der Waals surface area contributed by atoms with Gasteiger partial charge in [-0.3, -0.25) is 9.59 Å². The Kier molecular flexibility index (Phi) is 49.9. The predicted molar refractivity (Wildman–Crippen MR) is 319 cm³/mol. The van der Waals surface area contributed by atoms with E-state index in [4.69, 9.17) is 14.2 Å². The zero-order chi connectivity index (χ0) is 56.1. The fourth-order valence-electron chi connectivity index (χ4n) is 9.32. The first kappa shape index (κ1) is 71.9. The molecule has 0 aromatic heterocycles. The molecule has 1 fully saturated rings. The lowest BCUT2D eigenvalue weighted by atomic mass is 9.99. The molecule has 0 aliphatic carbocycles. The number of ether oxygens (including phenoxy) is 3. The van der Waals surface area contributed by atoms with E-state index in [0.717, 1.165) is 89.9 Å². The number of amides is 1. The van der Waals surface area contributed by atoms with Gasteiger partial charge >= 0.3 is 5.97 Å². The number of carbonyl (C=O) groups excluding carboxylic acids is 2. The van der Waals surface area contributed by atoms with Gasteiger partial charge in [-0.15, -0.1) is 0 Å². The Labute approximate surface area is 470 Å². The van der Waals surface area contributed by atoms with E-state index in [1.807, 2.05) is 6.08 Å². The molecule has 1 rings (SSSR count). The summed E-state index contributed by atoms with van der Waals surface area (Å²) in [5, 5.41) is 56.9. The Morgan fingerprint density at radius 2 is 0.935 bits per heavy atom. The number of nitrogens with one attached hydrogen (secondary N) is 1. The molecule has 0 radical (unpaired) electrons. The number of rotatable bonds is 52. The molecule has 0 spiro atoms. The van der Waals surface area contributed by atoms with Crippen LogP contribution in [0.4, 0.5) is 0 Å². The minimum Gasteiger partial charge on any atom is -0.454 e. The second-order valence-electron chi connectivity index (χ2n) is 21.4. The molecule has 77 heavy (non-hydrogen) atoms. The highest BCUT2D eigenvalue weighted by Crippen LogP contribution is 2.26. The molecule has 8 unspecified atom stereocenters. The van der Waals surface area contributed by atoms with Gasteiger partial charge in [-0.1, -0.05) is 241 Å². The second kappa shape index (κ2) is 53.5. The van der Waals surface area contributed by atoms with Crippen molar-refractivity contribution in [3.8, 4) is 0 Å². The predicted octanol–water partition coefficient (Wildman–Crippen LogP) is 14.9. The summed E-state index contributed by atoms with van der Waals surface area (Å²) in [5.74, 6) is -1.23. The van der Waals surface area contributed by atoms with E-state index in [9.17, 15) is 35.1 Å². The van der Waals surface area contributed by atoms with Gasteiger partial charge in [-0.25, -0.2) is 0 Å². The van der Waals surface area contributed by atoms with Crippen molar-refractivity contribution in [2.24, 2.45) is 0 Å². The monoisotopic (exact) mass is 1080 g/mol. The molecule has 8 atom stereocenters. The van der Waals surface area contributed by atoms with Crippen LogP contribution in [-0.4, -0.2) is 99.6 Å². The van der Waals surface area contributed by atoms with Crippen LogP contribution < -0.4 is 5.32 Å². The lowest BCUT2D eigenvalue weighted by Crippen LogP contribution is -2.61. The molecular weight excluding hydrogens is 967 g/mol. The molecule has 1 amide bonds. The molecule has 0 aromatic rings. The average molecular weight is 1080 g/mol. The molecule has 1 aliphatic rings. The van der Waals surface area contributed by atoms with E-state index in [0.29, 0.717) is 12.8 Å². The SMILES string of the molecule is CC/C=C\C/C=C\C/C=C\C/C=C\C/C=C\CCCCC(O)C(=O)NC(COC1OC(CO)C(O)C(O)C1OC(=O)CCCCCCCCCCC/C=C/CCCCCCCC)C(O)/C=C/CCCCCCCCCCC. The minimum absolute atomic E-state index is 0.114. The van der Waals surface area contributed by atoms with E-state index >= 15 is 0 Å². The van der Waals surface area contributed by atoms with Crippen LogP contribution in [0.3, 0.4) is 0 Å². The molecule has 6 N–H and O–H groups in total. The molecule has 0 aromatic carbocycles. The third-order valence-corrected chi connectivity index (χ3v) is 14.3. The average Bonchev–Trinajstić information content (AvgIpc) is 3.43. The van der Waals surface area contributed by atoms with Crippen LogP contribution >= 0.6 is 0 Å². The molecule has 1 heterocycles. The molecule has 11 heteroatoms. The number of hydrogen-bond acceptors (Lipinski definition) is 10. The Bertz CT molecular complexity index is 1570. The van der Waals surface area contributed by atoms with E-state index in [2.05, 4.69) is 99.0 Å². The molecule has 0 bridgehead atoms. The van der Waals surface area contributed by atoms with Crippen LogP contribution in [0.1, 0.15) is 258 Å². The van der Waals surface area contributed by atoms with E-state index in [1.165, 1.54) is 122 Å². The lowest BCUT2D eigenvalue weighted by molar-refractivity contribution is -0.305. The Balaban J connectivity index is 2.69. The van der Waals surface area contributed by atoms with Crippen LogP contribution in [-0.2, 0) is 23.8 Å². The molecule has 1 saturated heterocycles. The van der Waals surface area contributed by atoms with Crippen molar-refractivity contribution in [2.75, 3.05) is 13.2 Å². The third kappa shape index (κ3) is 41.5. The summed E-state index contributed by atoms with van der Waals surface area (Å²) in [7, 11) is 0. The summed E-state index contributed by atoms with van der Waals surface area (Å²) in [4.78, 5) is 26.5. The smallest absolute Gasteiger partial charge is 0.306 e. The van der Waals surface area contributed by atoms with Crippen LogP contribution in [0.25, 0.3) is 0 Å². The summed E-state index contributed by atoms with van der Waals surface area (Å²) in [5.41, 5.74) is 0. The van der Waals surface area contributed by atoms with Gasteiger partial charge in [0, 0.05) is 6.42 Å². The maximum absolute atomic E-state index is 13.4. The number of aliphatic hydroxyl groups excluding tert-OH is 5. The number of hydrogen-bond donors (Lipinski definition) is 6. The first-order chi connectivity index (χ1) is 37.7. The van der Waals surface area contributed by atoms with Gasteiger partial charge < -0.3 is 45.1 Å². The first-order valence-electron chi connectivity index (χ1n) is 31.4. The molecule has 1 aliphatic heterocycles. The highest BCUT2D eigenvalue weighted by Gasteiger charge is 2.47. The van der Waals surface area contributed by atoms with Crippen molar-refractivity contribution in [3.63, 3.8) is 0 Å². The third-order valence-electron chi connectivity index (χ3n) is 14.3. The number of aliphatic hydroxyl groups is 5.